The van der Waals surface area contributed by atoms with E-state index < -0.39 is 12.5 Å². The predicted molar refractivity (Wildman–Crippen MR) is 134 cm³/mol. The van der Waals surface area contributed by atoms with Crippen molar-refractivity contribution in [1.29, 1.82) is 0 Å². The van der Waals surface area contributed by atoms with Crippen LogP contribution in [-0.2, 0) is 4.74 Å². The van der Waals surface area contributed by atoms with E-state index in [0.717, 1.165) is 11.3 Å². The van der Waals surface area contributed by atoms with E-state index >= 15 is 0 Å². The summed E-state index contributed by atoms with van der Waals surface area (Å²) in [6.07, 6.45) is -5.18. The number of hydrogen-bond donors (Lipinski definition) is 2. The minimum absolute atomic E-state index is 0.0521. The molecule has 198 valence electrons. The van der Waals surface area contributed by atoms with Gasteiger partial charge in [-0.2, -0.15) is 11.3 Å². The van der Waals surface area contributed by atoms with E-state index in [1.54, 1.807) is 12.1 Å². The van der Waals surface area contributed by atoms with Crippen LogP contribution >= 0.6 is 11.3 Å². The molecule has 3 aromatic rings. The average molecular weight is 536 g/mol. The van der Waals surface area contributed by atoms with E-state index in [1.807, 2.05) is 21.4 Å². The highest BCUT2D eigenvalue weighted by atomic mass is 32.1. The number of fused-ring (bicyclic) bond motifs is 1. The van der Waals surface area contributed by atoms with Crippen molar-refractivity contribution < 1.29 is 32.2 Å². The first-order valence-electron chi connectivity index (χ1n) is 11.7. The average Bonchev–Trinajstić information content (AvgIpc) is 3.44. The number of ether oxygens (including phenoxy) is 2. The fourth-order valence-corrected chi connectivity index (χ4v) is 5.65. The van der Waals surface area contributed by atoms with Gasteiger partial charge in [0, 0.05) is 23.1 Å². The Kier molecular flexibility index (Phi) is 7.27. The number of carbonyl (C=O) groups is 2. The van der Waals surface area contributed by atoms with Crippen molar-refractivity contribution in [3.8, 4) is 28.1 Å². The molecule has 11 heteroatoms. The maximum Gasteiger partial charge on any atom is 0.573 e. The van der Waals surface area contributed by atoms with Gasteiger partial charge < -0.3 is 25.1 Å². The zero-order valence-electron chi connectivity index (χ0n) is 20.6. The fraction of sp³-hybridized carbons (Fsp3) is 0.385. The minimum Gasteiger partial charge on any atom is -0.450 e. The normalized spacial score (nSPS) is 16.6. The lowest BCUT2D eigenvalue weighted by atomic mass is 9.73. The quantitative estimate of drug-likeness (QED) is 0.376. The molecule has 0 spiro atoms. The van der Waals surface area contributed by atoms with Gasteiger partial charge in [0.2, 0.25) is 0 Å². The Bertz CT molecular complexity index is 1280. The summed E-state index contributed by atoms with van der Waals surface area (Å²) in [6.45, 7) is 6.68. The van der Waals surface area contributed by atoms with Gasteiger partial charge in [-0.25, -0.2) is 4.79 Å². The minimum atomic E-state index is -4.83. The van der Waals surface area contributed by atoms with Crippen LogP contribution in [0.3, 0.4) is 0 Å². The molecule has 1 aromatic carbocycles. The van der Waals surface area contributed by atoms with Gasteiger partial charge in [0.25, 0.3) is 5.91 Å². The monoisotopic (exact) mass is 535 g/mol. The molecular formula is C26H28F3N3O4S. The van der Waals surface area contributed by atoms with Gasteiger partial charge in [0.15, 0.2) is 0 Å². The van der Waals surface area contributed by atoms with Gasteiger partial charge in [-0.15, -0.1) is 13.2 Å². The molecule has 2 amide bonds. The number of carbonyl (C=O) groups excluding carboxylic acids is 2. The van der Waals surface area contributed by atoms with E-state index in [0.29, 0.717) is 29.8 Å². The molecule has 1 unspecified atom stereocenters. The summed E-state index contributed by atoms with van der Waals surface area (Å²) in [7, 11) is 0. The van der Waals surface area contributed by atoms with E-state index in [-0.39, 0.29) is 35.6 Å². The molecule has 0 saturated carbocycles. The zero-order valence-corrected chi connectivity index (χ0v) is 21.4. The van der Waals surface area contributed by atoms with E-state index in [2.05, 4.69) is 30.8 Å². The van der Waals surface area contributed by atoms with Gasteiger partial charge in [0.1, 0.15) is 11.4 Å². The SMILES string of the molecule is CC(C)(C)C(CCOC(N)=O)[C@H]1CNC(=O)c2cc(-c3cccc(OC(F)(F)F)c3)c(-c3ccsc3)n21. The second-order valence-electron chi connectivity index (χ2n) is 9.96. The molecule has 7 nitrogen and oxygen atoms in total. The Labute approximate surface area is 216 Å². The highest BCUT2D eigenvalue weighted by Crippen LogP contribution is 2.46. The third kappa shape index (κ3) is 5.93. The molecule has 0 bridgehead atoms. The lowest BCUT2D eigenvalue weighted by Gasteiger charge is -2.41. The number of halogens is 3. The number of amides is 2. The molecule has 0 saturated heterocycles. The number of nitrogens with two attached hydrogens (primary N) is 1. The van der Waals surface area contributed by atoms with Crippen molar-refractivity contribution in [3.05, 3.63) is 52.9 Å². The van der Waals surface area contributed by atoms with Gasteiger partial charge >= 0.3 is 12.5 Å². The van der Waals surface area contributed by atoms with Crippen LogP contribution in [0.15, 0.2) is 47.2 Å². The molecule has 3 heterocycles. The number of primary amides is 1. The van der Waals surface area contributed by atoms with E-state index in [1.165, 1.54) is 29.5 Å². The maximum absolute atomic E-state index is 13.0. The Morgan fingerprint density at radius 1 is 1.22 bits per heavy atom. The van der Waals surface area contributed by atoms with Gasteiger partial charge in [-0.3, -0.25) is 4.79 Å². The first-order chi connectivity index (χ1) is 17.3. The third-order valence-corrected chi connectivity index (χ3v) is 7.18. The van der Waals surface area contributed by atoms with Gasteiger partial charge in [-0.05, 0) is 53.0 Å². The van der Waals surface area contributed by atoms with Crippen LogP contribution in [0.4, 0.5) is 18.0 Å². The lowest BCUT2D eigenvalue weighted by molar-refractivity contribution is -0.274. The summed E-state index contributed by atoms with van der Waals surface area (Å²) in [5.41, 5.74) is 7.99. The topological polar surface area (TPSA) is 95.6 Å². The Hall–Kier alpha value is -3.47. The van der Waals surface area contributed by atoms with Crippen molar-refractivity contribution in [2.75, 3.05) is 13.2 Å². The summed E-state index contributed by atoms with van der Waals surface area (Å²) >= 11 is 1.48. The van der Waals surface area contributed by atoms with Crippen LogP contribution in [0.2, 0.25) is 0 Å². The molecule has 2 aromatic heterocycles. The largest absolute Gasteiger partial charge is 0.573 e. The lowest BCUT2D eigenvalue weighted by Crippen LogP contribution is -2.45. The standard InChI is InChI=1S/C26H28F3N3O4S/c1-25(2,3)19(7-9-35-24(30)34)21-13-31-23(33)20-12-18(22(32(20)21)16-8-10-37-14-16)15-5-4-6-17(11-15)36-26(27,28)29/h4-6,8,10-12,14,19,21H,7,9,13H2,1-3H3,(H2,30,34)(H,31,33)/t19?,21-/m1/s1. The van der Waals surface area contributed by atoms with E-state index in [9.17, 15) is 22.8 Å². The number of benzene rings is 1. The predicted octanol–water partition coefficient (Wildman–Crippen LogP) is 6.21. The highest BCUT2D eigenvalue weighted by molar-refractivity contribution is 7.08. The van der Waals surface area contributed by atoms with Crippen molar-refractivity contribution in [2.24, 2.45) is 17.1 Å². The van der Waals surface area contributed by atoms with Crippen LogP contribution < -0.4 is 15.8 Å². The van der Waals surface area contributed by atoms with Crippen molar-refractivity contribution in [3.63, 3.8) is 0 Å². The fourth-order valence-electron chi connectivity index (χ4n) is 5.01. The van der Waals surface area contributed by atoms with Crippen LogP contribution in [0.5, 0.6) is 5.75 Å². The highest BCUT2D eigenvalue weighted by Gasteiger charge is 2.40. The summed E-state index contributed by atoms with van der Waals surface area (Å²) in [5.74, 6) is -0.672. The molecule has 1 aliphatic rings. The summed E-state index contributed by atoms with van der Waals surface area (Å²) < 4.78 is 49.9. The second-order valence-corrected chi connectivity index (χ2v) is 10.7. The summed E-state index contributed by atoms with van der Waals surface area (Å²) in [5, 5.41) is 6.80. The molecule has 0 fully saturated rings. The number of hydrogen-bond acceptors (Lipinski definition) is 5. The number of nitrogens with one attached hydrogen (secondary N) is 1. The maximum atomic E-state index is 13.0. The summed E-state index contributed by atoms with van der Waals surface area (Å²) in [4.78, 5) is 24.2. The molecule has 0 aliphatic carbocycles. The Morgan fingerprint density at radius 3 is 2.59 bits per heavy atom. The Balaban J connectivity index is 1.88. The molecular weight excluding hydrogens is 507 g/mol. The van der Waals surface area contributed by atoms with Crippen molar-refractivity contribution >= 4 is 23.3 Å². The van der Waals surface area contributed by atoms with Gasteiger partial charge in [-0.1, -0.05) is 32.9 Å². The van der Waals surface area contributed by atoms with Crippen LogP contribution in [-0.4, -0.2) is 36.1 Å². The molecule has 37 heavy (non-hydrogen) atoms. The molecule has 4 rings (SSSR count). The molecule has 1 aliphatic heterocycles. The van der Waals surface area contributed by atoms with Crippen LogP contribution in [0, 0.1) is 11.3 Å². The number of rotatable bonds is 7. The molecule has 3 N–H and O–H groups in total. The van der Waals surface area contributed by atoms with Crippen molar-refractivity contribution in [1.82, 2.24) is 9.88 Å². The number of nitrogens with zero attached hydrogens (tertiary/aromatic N) is 1. The number of aromatic nitrogens is 1. The van der Waals surface area contributed by atoms with E-state index in [4.69, 9.17) is 10.5 Å². The van der Waals surface area contributed by atoms with Gasteiger partial charge in [0.05, 0.1) is 18.3 Å². The molecule has 0 radical (unpaired) electrons. The summed E-state index contributed by atoms with van der Waals surface area (Å²) in [6, 6.07) is 9.14. The number of thiophene rings is 1. The second kappa shape index (κ2) is 10.1. The first kappa shape index (κ1) is 26.6. The Morgan fingerprint density at radius 2 is 1.97 bits per heavy atom. The van der Waals surface area contributed by atoms with Crippen LogP contribution in [0.25, 0.3) is 22.4 Å². The van der Waals surface area contributed by atoms with Crippen LogP contribution in [0.1, 0.15) is 43.7 Å². The molecule has 2 atom stereocenters. The smallest absolute Gasteiger partial charge is 0.450 e. The first-order valence-corrected chi connectivity index (χ1v) is 12.6. The number of alkyl halides is 3. The third-order valence-electron chi connectivity index (χ3n) is 6.50. The van der Waals surface area contributed by atoms with Crippen molar-refractivity contribution in [2.45, 2.75) is 39.6 Å². The zero-order chi connectivity index (χ0) is 27.0.